The van der Waals surface area contributed by atoms with E-state index in [4.69, 9.17) is 21.4 Å². The molecular weight excluding hydrogens is 376 g/mol. The number of hydrogen-bond donors (Lipinski definition) is 2. The molecule has 0 amide bonds. The Balaban J connectivity index is 2.56. The number of carbonyl (C=O) groups is 2. The van der Waals surface area contributed by atoms with Gasteiger partial charge in [-0.05, 0) is 18.6 Å². The summed E-state index contributed by atoms with van der Waals surface area (Å²) in [4.78, 5) is 23.1. The van der Waals surface area contributed by atoms with Gasteiger partial charge in [-0.3, -0.25) is 4.79 Å². The lowest BCUT2D eigenvalue weighted by Gasteiger charge is -2.29. The highest BCUT2D eigenvalue weighted by atomic mass is 35.5. The van der Waals surface area contributed by atoms with Crippen molar-refractivity contribution in [3.8, 4) is 6.07 Å². The normalized spacial score (nSPS) is 16.8. The predicted octanol–water partition coefficient (Wildman–Crippen LogP) is 3.42. The Kier molecular flexibility index (Phi) is 6.72. The number of aliphatic carboxylic acids is 1. The summed E-state index contributed by atoms with van der Waals surface area (Å²) in [6, 6.07) is 9.13. The third kappa shape index (κ3) is 4.21. The Morgan fingerprint density at radius 3 is 2.69 bits per heavy atom. The molecular formula is C18H17ClN2O4S. The van der Waals surface area contributed by atoms with E-state index in [1.807, 2.05) is 0 Å². The van der Waals surface area contributed by atoms with Gasteiger partial charge in [0.2, 0.25) is 0 Å². The van der Waals surface area contributed by atoms with Crippen molar-refractivity contribution >= 4 is 35.3 Å². The number of carbonyl (C=O) groups excluding carboxylic acids is 1. The van der Waals surface area contributed by atoms with Crippen molar-refractivity contribution in [2.24, 2.45) is 0 Å². The van der Waals surface area contributed by atoms with E-state index < -0.39 is 17.9 Å². The molecule has 1 aliphatic rings. The number of ether oxygens (including phenoxy) is 1. The highest BCUT2D eigenvalue weighted by Crippen LogP contribution is 2.43. The van der Waals surface area contributed by atoms with Crippen molar-refractivity contribution in [1.82, 2.24) is 5.32 Å². The monoisotopic (exact) mass is 392 g/mol. The molecule has 0 aromatic heterocycles. The summed E-state index contributed by atoms with van der Waals surface area (Å²) in [6.45, 7) is 1.71. The van der Waals surface area contributed by atoms with Crippen LogP contribution in [0.4, 0.5) is 0 Å². The molecule has 2 rings (SSSR count). The van der Waals surface area contributed by atoms with Crippen molar-refractivity contribution in [2.45, 2.75) is 19.3 Å². The molecule has 6 nitrogen and oxygen atoms in total. The van der Waals surface area contributed by atoms with E-state index in [2.05, 4.69) is 11.4 Å². The predicted molar refractivity (Wildman–Crippen MR) is 99.4 cm³/mol. The molecule has 0 radical (unpaired) electrons. The number of nitrogens with zero attached hydrogens (tertiary/aromatic N) is 1. The van der Waals surface area contributed by atoms with Crippen LogP contribution in [0.25, 0.3) is 0 Å². The van der Waals surface area contributed by atoms with Crippen LogP contribution in [0.5, 0.6) is 0 Å². The van der Waals surface area contributed by atoms with Crippen LogP contribution in [-0.4, -0.2) is 29.9 Å². The lowest BCUT2D eigenvalue weighted by Crippen LogP contribution is -2.28. The van der Waals surface area contributed by atoms with Crippen LogP contribution in [0.2, 0.25) is 5.02 Å². The van der Waals surface area contributed by atoms with Gasteiger partial charge in [-0.15, -0.1) is 11.8 Å². The minimum atomic E-state index is -0.919. The zero-order chi connectivity index (χ0) is 19.3. The largest absolute Gasteiger partial charge is 0.481 e. The van der Waals surface area contributed by atoms with E-state index in [0.29, 0.717) is 38.2 Å². The zero-order valence-corrected chi connectivity index (χ0v) is 15.8. The highest BCUT2D eigenvalue weighted by Gasteiger charge is 2.36. The van der Waals surface area contributed by atoms with Gasteiger partial charge in [-0.25, -0.2) is 4.79 Å². The number of allylic oxidation sites excluding steroid dienone is 2. The van der Waals surface area contributed by atoms with Crippen LogP contribution in [-0.2, 0) is 14.3 Å². The molecule has 0 aliphatic carbocycles. The molecule has 0 spiro atoms. The highest BCUT2D eigenvalue weighted by molar-refractivity contribution is 8.03. The maximum atomic E-state index is 12.4. The van der Waals surface area contributed by atoms with Crippen molar-refractivity contribution in [3.63, 3.8) is 0 Å². The number of carboxylic acid groups (broad SMARTS) is 1. The van der Waals surface area contributed by atoms with Gasteiger partial charge in [0.15, 0.2) is 0 Å². The van der Waals surface area contributed by atoms with Gasteiger partial charge in [0.05, 0.1) is 41.7 Å². The Morgan fingerprint density at radius 2 is 2.12 bits per heavy atom. The molecule has 136 valence electrons. The molecule has 0 bridgehead atoms. The molecule has 26 heavy (non-hydrogen) atoms. The summed E-state index contributed by atoms with van der Waals surface area (Å²) in [5.74, 6) is -1.87. The number of nitrogens with one attached hydrogen (secondary N) is 1. The molecule has 1 aromatic rings. The first-order chi connectivity index (χ1) is 12.4. The Hall–Kier alpha value is -2.43. The van der Waals surface area contributed by atoms with Crippen LogP contribution in [0.15, 0.2) is 46.1 Å². The second-order valence-electron chi connectivity index (χ2n) is 5.46. The summed E-state index contributed by atoms with van der Waals surface area (Å²) >= 11 is 7.55. The third-order valence-corrected chi connectivity index (χ3v) is 5.19. The summed E-state index contributed by atoms with van der Waals surface area (Å²) < 4.78 is 4.90. The molecule has 1 unspecified atom stereocenters. The molecule has 0 saturated carbocycles. The van der Waals surface area contributed by atoms with Crippen molar-refractivity contribution in [3.05, 3.63) is 56.7 Å². The van der Waals surface area contributed by atoms with Gasteiger partial charge in [0.25, 0.3) is 0 Å². The number of carboxylic acids is 1. The Morgan fingerprint density at radius 1 is 1.42 bits per heavy atom. The molecule has 0 saturated heterocycles. The van der Waals surface area contributed by atoms with Crippen molar-refractivity contribution < 1.29 is 19.4 Å². The van der Waals surface area contributed by atoms with Crippen LogP contribution in [0, 0.1) is 11.3 Å². The summed E-state index contributed by atoms with van der Waals surface area (Å²) in [7, 11) is 1.28. The maximum Gasteiger partial charge on any atom is 0.336 e. The molecule has 1 atom stereocenters. The topological polar surface area (TPSA) is 99.4 Å². The lowest BCUT2D eigenvalue weighted by molar-refractivity contribution is -0.137. The smallest absolute Gasteiger partial charge is 0.336 e. The van der Waals surface area contributed by atoms with Gasteiger partial charge in [0, 0.05) is 16.5 Å². The molecule has 1 aromatic carbocycles. The lowest BCUT2D eigenvalue weighted by atomic mass is 9.82. The van der Waals surface area contributed by atoms with E-state index in [0.717, 1.165) is 0 Å². The van der Waals surface area contributed by atoms with Gasteiger partial charge >= 0.3 is 11.9 Å². The number of nitriles is 1. The first-order valence-corrected chi connectivity index (χ1v) is 9.06. The number of halogens is 1. The molecule has 2 N–H and O–H groups in total. The minimum Gasteiger partial charge on any atom is -0.481 e. The van der Waals surface area contributed by atoms with Gasteiger partial charge in [-0.2, -0.15) is 5.26 Å². The second kappa shape index (κ2) is 8.79. The average Bonchev–Trinajstić information content (AvgIpc) is 2.60. The van der Waals surface area contributed by atoms with Crippen molar-refractivity contribution in [2.75, 3.05) is 12.9 Å². The first-order valence-electron chi connectivity index (χ1n) is 7.70. The summed E-state index contributed by atoms with van der Waals surface area (Å²) in [5, 5.41) is 22.6. The van der Waals surface area contributed by atoms with Crippen LogP contribution < -0.4 is 5.32 Å². The van der Waals surface area contributed by atoms with E-state index in [-0.39, 0.29) is 6.42 Å². The van der Waals surface area contributed by atoms with Gasteiger partial charge in [-0.1, -0.05) is 29.8 Å². The molecule has 1 heterocycles. The fourth-order valence-electron chi connectivity index (χ4n) is 2.67. The number of benzene rings is 1. The van der Waals surface area contributed by atoms with Gasteiger partial charge < -0.3 is 15.2 Å². The first kappa shape index (κ1) is 19.9. The van der Waals surface area contributed by atoms with E-state index in [1.165, 1.54) is 18.9 Å². The molecule has 8 heteroatoms. The zero-order valence-electron chi connectivity index (χ0n) is 14.2. The van der Waals surface area contributed by atoms with Crippen LogP contribution >= 0.6 is 23.4 Å². The Labute approximate surface area is 160 Å². The number of thioether (sulfide) groups is 1. The van der Waals surface area contributed by atoms with E-state index >= 15 is 0 Å². The second-order valence-corrected chi connectivity index (χ2v) is 6.97. The summed E-state index contributed by atoms with van der Waals surface area (Å²) in [5.41, 5.74) is 1.76. The number of hydrogen-bond acceptors (Lipinski definition) is 6. The fraction of sp³-hybridized carbons (Fsp3) is 0.278. The van der Waals surface area contributed by atoms with Crippen molar-refractivity contribution in [1.29, 1.82) is 5.26 Å². The molecule has 0 fully saturated rings. The van der Waals surface area contributed by atoms with Crippen LogP contribution in [0.1, 0.15) is 24.8 Å². The van der Waals surface area contributed by atoms with E-state index in [9.17, 15) is 14.9 Å². The number of dihydropyridines is 1. The van der Waals surface area contributed by atoms with E-state index in [1.54, 1.807) is 31.2 Å². The summed E-state index contributed by atoms with van der Waals surface area (Å²) in [6.07, 6.45) is -0.0437. The van der Waals surface area contributed by atoms with Gasteiger partial charge in [0.1, 0.15) is 0 Å². The number of methoxy groups -OCH3 is 1. The standard InChI is InChI=1S/C18H17ClN2O4S/c1-10-15(18(24)25-2)16(11-5-3-4-6-13(11)19)12(9-20)17(21-10)26-8-7-14(22)23/h3-6,16,21H,7-8H2,1-2H3,(H,22,23). The average molecular weight is 393 g/mol. The van der Waals surface area contributed by atoms with Crippen LogP contribution in [0.3, 0.4) is 0 Å². The Bertz CT molecular complexity index is 842. The third-order valence-electron chi connectivity index (χ3n) is 3.83. The SMILES string of the molecule is COC(=O)C1=C(C)NC(SCCC(=O)O)=C(C#N)C1c1ccccc1Cl. The fourth-order valence-corrected chi connectivity index (χ4v) is 3.94. The number of rotatable bonds is 6. The molecule has 1 aliphatic heterocycles. The minimum absolute atomic E-state index is 0.0437. The maximum absolute atomic E-state index is 12.4. The number of esters is 1. The quantitative estimate of drug-likeness (QED) is 0.715.